The summed E-state index contributed by atoms with van der Waals surface area (Å²) in [6, 6.07) is 10.7. The minimum atomic E-state index is -0.971. The van der Waals surface area contributed by atoms with Gasteiger partial charge < -0.3 is 15.3 Å². The van der Waals surface area contributed by atoms with Crippen LogP contribution in [0.4, 0.5) is 15.8 Å². The Morgan fingerprint density at radius 2 is 1.78 bits per heavy atom. The third-order valence-electron chi connectivity index (χ3n) is 5.37. The number of benzene rings is 2. The lowest BCUT2D eigenvalue weighted by atomic mass is 9.63. The highest BCUT2D eigenvalue weighted by molar-refractivity contribution is 5.84. The van der Waals surface area contributed by atoms with E-state index in [1.165, 1.54) is 43.7 Å². The number of hydrogen-bond acceptors (Lipinski definition) is 5. The molecule has 2 aromatic carbocycles. The van der Waals surface area contributed by atoms with Gasteiger partial charge in [0.05, 0.1) is 5.56 Å². The van der Waals surface area contributed by atoms with Crippen molar-refractivity contribution in [3.05, 3.63) is 53.3 Å². The fraction of sp³-hybridized carbons (Fsp3) is 0.333. The predicted octanol–water partition coefficient (Wildman–Crippen LogP) is 3.87. The summed E-state index contributed by atoms with van der Waals surface area (Å²) in [5, 5.41) is 12.0. The molecule has 2 aliphatic rings. The van der Waals surface area contributed by atoms with E-state index in [1.54, 1.807) is 0 Å². The Bertz CT molecular complexity index is 824. The van der Waals surface area contributed by atoms with Gasteiger partial charge in [-0.1, -0.05) is 6.42 Å². The summed E-state index contributed by atoms with van der Waals surface area (Å²) in [6.45, 7) is 2.57. The molecule has 1 saturated heterocycles. The number of anilines is 2. The lowest BCUT2D eigenvalue weighted by molar-refractivity contribution is 0.0904. The van der Waals surface area contributed by atoms with E-state index in [-0.39, 0.29) is 17.4 Å². The summed E-state index contributed by atoms with van der Waals surface area (Å²) in [6.07, 6.45) is 5.05. The van der Waals surface area contributed by atoms with Gasteiger partial charge in [-0.05, 0) is 49.2 Å². The minimum absolute atomic E-state index is 0.0207. The number of aromatic hydroxyl groups is 1. The van der Waals surface area contributed by atoms with Crippen molar-refractivity contribution in [2.24, 2.45) is 5.41 Å². The Morgan fingerprint density at radius 3 is 2.26 bits per heavy atom. The van der Waals surface area contributed by atoms with E-state index in [9.17, 15) is 14.0 Å². The second-order valence-electron chi connectivity index (χ2n) is 7.18. The van der Waals surface area contributed by atoms with Gasteiger partial charge >= 0.3 is 0 Å². The number of nitrogens with one attached hydrogen (secondary N) is 1. The Kier molecular flexibility index (Phi) is 5.44. The van der Waals surface area contributed by atoms with Crippen LogP contribution in [0.25, 0.3) is 0 Å². The van der Waals surface area contributed by atoms with Crippen LogP contribution >= 0.6 is 0 Å². The highest BCUT2D eigenvalue weighted by Crippen LogP contribution is 2.49. The van der Waals surface area contributed by atoms with Gasteiger partial charge in [0.15, 0.2) is 17.9 Å². The molecule has 142 valence electrons. The second kappa shape index (κ2) is 7.78. The Balaban J connectivity index is 0.000000161. The molecule has 0 radical (unpaired) electrons. The van der Waals surface area contributed by atoms with Gasteiger partial charge in [-0.3, -0.25) is 9.59 Å². The molecule has 1 spiro atoms. The smallest absolute Gasteiger partial charge is 0.166 e. The molecule has 1 saturated carbocycles. The molecule has 2 fully saturated rings. The van der Waals surface area contributed by atoms with Crippen LogP contribution in [0.3, 0.4) is 0 Å². The fourth-order valence-electron chi connectivity index (χ4n) is 3.58. The van der Waals surface area contributed by atoms with Crippen LogP contribution in [-0.2, 0) is 0 Å². The first kappa shape index (κ1) is 18.9. The summed E-state index contributed by atoms with van der Waals surface area (Å²) >= 11 is 0. The third kappa shape index (κ3) is 3.94. The number of halogens is 1. The van der Waals surface area contributed by atoms with Crippen LogP contribution in [0, 0.1) is 11.2 Å². The molecular weight excluding hydrogens is 347 g/mol. The van der Waals surface area contributed by atoms with Gasteiger partial charge in [0.2, 0.25) is 0 Å². The zero-order valence-corrected chi connectivity index (χ0v) is 15.2. The van der Waals surface area contributed by atoms with Gasteiger partial charge in [0, 0.05) is 42.5 Å². The van der Waals surface area contributed by atoms with Gasteiger partial charge in [-0.15, -0.1) is 0 Å². The van der Waals surface area contributed by atoms with E-state index in [0.717, 1.165) is 17.5 Å². The molecule has 27 heavy (non-hydrogen) atoms. The van der Waals surface area contributed by atoms with E-state index < -0.39 is 11.6 Å². The van der Waals surface area contributed by atoms with E-state index in [1.807, 2.05) is 7.05 Å². The molecule has 1 heterocycles. The predicted molar refractivity (Wildman–Crippen MR) is 103 cm³/mol. The third-order valence-corrected chi connectivity index (χ3v) is 5.37. The molecule has 6 heteroatoms. The van der Waals surface area contributed by atoms with Crippen LogP contribution in [0.1, 0.15) is 40.0 Å². The molecule has 0 unspecified atom stereocenters. The van der Waals surface area contributed by atoms with Crippen molar-refractivity contribution in [3.63, 3.8) is 0 Å². The molecule has 4 rings (SSSR count). The van der Waals surface area contributed by atoms with Crippen LogP contribution in [0.2, 0.25) is 0 Å². The average Bonchev–Trinajstić information content (AvgIpc) is 2.62. The molecule has 1 aliphatic heterocycles. The number of phenols is 1. The molecular formula is C21H23FN2O3. The van der Waals surface area contributed by atoms with Crippen LogP contribution in [0.15, 0.2) is 36.4 Å². The number of hydrogen-bond donors (Lipinski definition) is 2. The summed E-state index contributed by atoms with van der Waals surface area (Å²) in [7, 11) is 1.96. The van der Waals surface area contributed by atoms with E-state index >= 15 is 0 Å². The highest BCUT2D eigenvalue weighted by Gasteiger charge is 2.47. The first-order chi connectivity index (χ1) is 13.0. The molecule has 2 aromatic rings. The first-order valence-electron chi connectivity index (χ1n) is 8.96. The highest BCUT2D eigenvalue weighted by atomic mass is 19.1. The summed E-state index contributed by atoms with van der Waals surface area (Å²) in [4.78, 5) is 22.9. The van der Waals surface area contributed by atoms with Crippen molar-refractivity contribution in [2.75, 3.05) is 30.4 Å². The van der Waals surface area contributed by atoms with Gasteiger partial charge in [-0.25, -0.2) is 4.39 Å². The number of aldehydes is 2. The van der Waals surface area contributed by atoms with E-state index in [0.29, 0.717) is 6.29 Å². The summed E-state index contributed by atoms with van der Waals surface area (Å²) in [5.74, 6) is -1.70. The fourth-order valence-corrected chi connectivity index (χ4v) is 3.58. The monoisotopic (exact) mass is 370 g/mol. The zero-order valence-electron chi connectivity index (χ0n) is 15.2. The number of carbonyl (C=O) groups excluding carboxylic acids is 2. The maximum Gasteiger partial charge on any atom is 0.166 e. The van der Waals surface area contributed by atoms with Crippen LogP contribution in [0.5, 0.6) is 5.75 Å². The maximum atomic E-state index is 12.6. The number of rotatable bonds is 4. The largest absolute Gasteiger partial charge is 0.504 e. The Morgan fingerprint density at radius 1 is 1.11 bits per heavy atom. The molecule has 1 aliphatic carbocycles. The van der Waals surface area contributed by atoms with Crippen molar-refractivity contribution in [1.82, 2.24) is 0 Å². The molecule has 0 atom stereocenters. The normalized spacial score (nSPS) is 16.4. The molecule has 0 amide bonds. The Labute approximate surface area is 157 Å². The molecule has 0 bridgehead atoms. The lowest BCUT2D eigenvalue weighted by Crippen LogP contribution is -2.59. The topological polar surface area (TPSA) is 69.6 Å². The minimum Gasteiger partial charge on any atom is -0.504 e. The quantitative estimate of drug-likeness (QED) is 0.800. The van der Waals surface area contributed by atoms with Gasteiger partial charge in [-0.2, -0.15) is 0 Å². The average molecular weight is 370 g/mol. The van der Waals surface area contributed by atoms with Gasteiger partial charge in [0.1, 0.15) is 6.29 Å². The van der Waals surface area contributed by atoms with E-state index in [4.69, 9.17) is 5.11 Å². The molecule has 0 aromatic heterocycles. The zero-order chi connectivity index (χ0) is 19.4. The maximum absolute atomic E-state index is 12.6. The second-order valence-corrected chi connectivity index (χ2v) is 7.18. The van der Waals surface area contributed by atoms with Crippen molar-refractivity contribution >= 4 is 23.9 Å². The first-order valence-corrected chi connectivity index (χ1v) is 8.96. The SMILES string of the molecule is CNc1ccc(N2CC3(CCC3)C2)cc1.O=Cc1cc(F)c(O)c(C=O)c1. The van der Waals surface area contributed by atoms with Crippen molar-refractivity contribution < 1.29 is 19.1 Å². The van der Waals surface area contributed by atoms with Gasteiger partial charge in [0.25, 0.3) is 0 Å². The van der Waals surface area contributed by atoms with Crippen molar-refractivity contribution in [1.29, 1.82) is 0 Å². The lowest BCUT2D eigenvalue weighted by Gasteiger charge is -2.57. The van der Waals surface area contributed by atoms with Crippen LogP contribution in [-0.4, -0.2) is 37.8 Å². The van der Waals surface area contributed by atoms with Crippen molar-refractivity contribution in [2.45, 2.75) is 19.3 Å². The standard InChI is InChI=1S/C13H18N2.C8H5FO3/c1-14-11-3-5-12(6-4-11)15-9-13(10-15)7-2-8-13;9-7-2-5(3-10)1-6(4-11)8(7)12/h3-6,14H,2,7-10H2,1H3;1-4,12H. The number of nitrogens with zero attached hydrogens (tertiary/aromatic N) is 1. The summed E-state index contributed by atoms with van der Waals surface area (Å²) < 4.78 is 12.6. The summed E-state index contributed by atoms with van der Waals surface area (Å²) in [5.41, 5.74) is 3.09. The van der Waals surface area contributed by atoms with Crippen molar-refractivity contribution in [3.8, 4) is 5.75 Å². The van der Waals surface area contributed by atoms with E-state index in [2.05, 4.69) is 34.5 Å². The molecule has 2 N–H and O–H groups in total. The number of phenolic OH excluding ortho intramolecular Hbond substituents is 1. The Hall–Kier alpha value is -2.89. The van der Waals surface area contributed by atoms with Crippen LogP contribution < -0.4 is 10.2 Å². The molecule has 5 nitrogen and oxygen atoms in total. The number of carbonyl (C=O) groups is 2.